The first-order chi connectivity index (χ1) is 12.9. The molecule has 0 saturated heterocycles. The summed E-state index contributed by atoms with van der Waals surface area (Å²) in [5.74, 6) is 0. The third kappa shape index (κ3) is 2.53. The monoisotopic (exact) mass is 333 g/mol. The minimum absolute atomic E-state index is 0.858. The van der Waals surface area contributed by atoms with Crippen molar-refractivity contribution in [3.8, 4) is 11.1 Å². The Balaban J connectivity index is 1.58. The summed E-state index contributed by atoms with van der Waals surface area (Å²) in [6.07, 6.45) is 1.02. The van der Waals surface area contributed by atoms with Crippen molar-refractivity contribution < 1.29 is 0 Å². The summed E-state index contributed by atoms with van der Waals surface area (Å²) in [6, 6.07) is 32.4. The maximum atomic E-state index is 4.87. The lowest BCUT2D eigenvalue weighted by atomic mass is 9.89. The van der Waals surface area contributed by atoms with E-state index >= 15 is 0 Å². The number of hydrogen-bond donors (Lipinski definition) is 0. The normalized spacial score (nSPS) is 13.3. The predicted octanol–water partition coefficient (Wildman–Crippen LogP) is 5.90. The van der Waals surface area contributed by atoms with Crippen LogP contribution in [0.5, 0.6) is 0 Å². The zero-order chi connectivity index (χ0) is 17.3. The molecule has 26 heavy (non-hydrogen) atoms. The molecule has 1 aliphatic rings. The van der Waals surface area contributed by atoms with Crippen LogP contribution in [-0.4, -0.2) is 12.3 Å². The summed E-state index contributed by atoms with van der Waals surface area (Å²) in [6.45, 7) is 0.858. The lowest BCUT2D eigenvalue weighted by Crippen LogP contribution is -2.14. The molecule has 0 amide bonds. The maximum absolute atomic E-state index is 4.87. The zero-order valence-electron chi connectivity index (χ0n) is 14.5. The Hall–Kier alpha value is -3.19. The van der Waals surface area contributed by atoms with E-state index < -0.39 is 0 Å². The second-order valence-electron chi connectivity index (χ2n) is 6.74. The van der Waals surface area contributed by atoms with Gasteiger partial charge in [0.15, 0.2) is 0 Å². The molecule has 124 valence electrons. The second-order valence-corrected chi connectivity index (χ2v) is 6.74. The first-order valence-electron chi connectivity index (χ1n) is 9.11. The van der Waals surface area contributed by atoms with Crippen LogP contribution in [0, 0.1) is 0 Å². The Morgan fingerprint density at radius 2 is 1.27 bits per heavy atom. The molecule has 4 aromatic rings. The standard InChI is InChI=1S/C25H19N/c1-2-6-18(7-3-1)19-10-12-21(13-11-19)25-24-15-14-20-8-4-5-9-22(20)23(24)16-17-26-25/h1-15H,16-17H2. The summed E-state index contributed by atoms with van der Waals surface area (Å²) in [5.41, 5.74) is 7.51. The minimum Gasteiger partial charge on any atom is -0.284 e. The number of aliphatic imine (C=N–C) groups is 1. The molecule has 1 heterocycles. The van der Waals surface area contributed by atoms with E-state index in [1.165, 1.54) is 38.6 Å². The Kier molecular flexibility index (Phi) is 3.64. The minimum atomic E-state index is 0.858. The summed E-state index contributed by atoms with van der Waals surface area (Å²) in [4.78, 5) is 4.87. The van der Waals surface area contributed by atoms with Crippen LogP contribution >= 0.6 is 0 Å². The highest BCUT2D eigenvalue weighted by molar-refractivity contribution is 6.16. The fourth-order valence-corrected chi connectivity index (χ4v) is 3.89. The molecule has 0 aliphatic carbocycles. The van der Waals surface area contributed by atoms with E-state index in [0.29, 0.717) is 0 Å². The van der Waals surface area contributed by atoms with Crippen LogP contribution in [0.25, 0.3) is 21.9 Å². The summed E-state index contributed by atoms with van der Waals surface area (Å²) < 4.78 is 0. The van der Waals surface area contributed by atoms with Crippen LogP contribution in [0.3, 0.4) is 0 Å². The van der Waals surface area contributed by atoms with Crippen LogP contribution < -0.4 is 0 Å². The predicted molar refractivity (Wildman–Crippen MR) is 110 cm³/mol. The van der Waals surface area contributed by atoms with Gasteiger partial charge in [0.1, 0.15) is 0 Å². The molecular formula is C25H19N. The van der Waals surface area contributed by atoms with Gasteiger partial charge >= 0.3 is 0 Å². The quantitative estimate of drug-likeness (QED) is 0.433. The third-order valence-corrected chi connectivity index (χ3v) is 5.19. The van der Waals surface area contributed by atoms with Gasteiger partial charge in [0.25, 0.3) is 0 Å². The average Bonchev–Trinajstić information content (AvgIpc) is 2.74. The number of fused-ring (bicyclic) bond motifs is 3. The molecule has 0 atom stereocenters. The fraction of sp³-hybridized carbons (Fsp3) is 0.0800. The number of hydrogen-bond acceptors (Lipinski definition) is 1. The highest BCUT2D eigenvalue weighted by atomic mass is 14.7. The van der Waals surface area contributed by atoms with Crippen LogP contribution in [0.15, 0.2) is 96.0 Å². The van der Waals surface area contributed by atoms with Crippen LogP contribution in [-0.2, 0) is 6.42 Å². The van der Waals surface area contributed by atoms with E-state index in [1.54, 1.807) is 0 Å². The molecule has 1 heteroatoms. The van der Waals surface area contributed by atoms with E-state index in [0.717, 1.165) is 18.7 Å². The summed E-state index contributed by atoms with van der Waals surface area (Å²) in [5, 5.41) is 2.67. The largest absolute Gasteiger partial charge is 0.284 e. The molecule has 0 radical (unpaired) electrons. The zero-order valence-corrected chi connectivity index (χ0v) is 14.5. The van der Waals surface area contributed by atoms with Gasteiger partial charge in [0.05, 0.1) is 5.71 Å². The van der Waals surface area contributed by atoms with Gasteiger partial charge in [-0.2, -0.15) is 0 Å². The van der Waals surface area contributed by atoms with Gasteiger partial charge in [-0.3, -0.25) is 4.99 Å². The summed E-state index contributed by atoms with van der Waals surface area (Å²) >= 11 is 0. The van der Waals surface area contributed by atoms with Gasteiger partial charge in [-0.05, 0) is 33.9 Å². The first kappa shape index (κ1) is 15.1. The maximum Gasteiger partial charge on any atom is 0.0722 e. The molecule has 0 aromatic heterocycles. The molecule has 1 aliphatic heterocycles. The number of rotatable bonds is 2. The topological polar surface area (TPSA) is 12.4 Å². The highest BCUT2D eigenvalue weighted by Gasteiger charge is 2.17. The Morgan fingerprint density at radius 1 is 0.577 bits per heavy atom. The van der Waals surface area contributed by atoms with E-state index in [9.17, 15) is 0 Å². The van der Waals surface area contributed by atoms with Gasteiger partial charge in [-0.25, -0.2) is 0 Å². The molecular weight excluding hydrogens is 314 g/mol. The van der Waals surface area contributed by atoms with Gasteiger partial charge in [-0.1, -0.05) is 91.0 Å². The second kappa shape index (κ2) is 6.27. The van der Waals surface area contributed by atoms with Gasteiger partial charge in [0, 0.05) is 17.7 Å². The van der Waals surface area contributed by atoms with Crippen LogP contribution in [0.2, 0.25) is 0 Å². The number of benzene rings is 4. The molecule has 5 rings (SSSR count). The van der Waals surface area contributed by atoms with E-state index in [1.807, 2.05) is 0 Å². The van der Waals surface area contributed by atoms with Crippen LogP contribution in [0.1, 0.15) is 16.7 Å². The van der Waals surface area contributed by atoms with E-state index in [4.69, 9.17) is 4.99 Å². The Morgan fingerprint density at radius 3 is 2.12 bits per heavy atom. The van der Waals surface area contributed by atoms with Gasteiger partial charge < -0.3 is 0 Å². The molecule has 1 nitrogen and oxygen atoms in total. The first-order valence-corrected chi connectivity index (χ1v) is 9.11. The van der Waals surface area contributed by atoms with Crippen molar-refractivity contribution >= 4 is 16.5 Å². The van der Waals surface area contributed by atoms with Crippen molar-refractivity contribution in [1.82, 2.24) is 0 Å². The molecule has 4 aromatic carbocycles. The van der Waals surface area contributed by atoms with Gasteiger partial charge in [-0.15, -0.1) is 0 Å². The lowest BCUT2D eigenvalue weighted by molar-refractivity contribution is 0.953. The lowest BCUT2D eigenvalue weighted by Gasteiger charge is -2.19. The van der Waals surface area contributed by atoms with Gasteiger partial charge in [0.2, 0.25) is 0 Å². The molecule has 0 saturated carbocycles. The molecule has 0 N–H and O–H groups in total. The van der Waals surface area contributed by atoms with Crippen molar-refractivity contribution in [2.75, 3.05) is 6.54 Å². The smallest absolute Gasteiger partial charge is 0.0722 e. The molecule has 0 spiro atoms. The van der Waals surface area contributed by atoms with Crippen molar-refractivity contribution in [3.63, 3.8) is 0 Å². The Labute approximate surface area is 153 Å². The van der Waals surface area contributed by atoms with Crippen LogP contribution in [0.4, 0.5) is 0 Å². The van der Waals surface area contributed by atoms with Crippen molar-refractivity contribution in [2.24, 2.45) is 4.99 Å². The third-order valence-electron chi connectivity index (χ3n) is 5.19. The molecule has 0 unspecified atom stereocenters. The molecule has 0 bridgehead atoms. The van der Waals surface area contributed by atoms with E-state index in [-0.39, 0.29) is 0 Å². The average molecular weight is 333 g/mol. The SMILES string of the molecule is c1ccc(-c2ccc(C3=NCCc4c3ccc3ccccc43)cc2)cc1. The fourth-order valence-electron chi connectivity index (χ4n) is 3.89. The highest BCUT2D eigenvalue weighted by Crippen LogP contribution is 2.29. The van der Waals surface area contributed by atoms with Crippen molar-refractivity contribution in [1.29, 1.82) is 0 Å². The Bertz CT molecular complexity index is 1110. The van der Waals surface area contributed by atoms with E-state index in [2.05, 4.69) is 91.0 Å². The number of nitrogens with zero attached hydrogens (tertiary/aromatic N) is 1. The van der Waals surface area contributed by atoms with Crippen molar-refractivity contribution in [3.05, 3.63) is 108 Å². The van der Waals surface area contributed by atoms with Crippen molar-refractivity contribution in [2.45, 2.75) is 6.42 Å². The molecule has 0 fully saturated rings. The summed E-state index contributed by atoms with van der Waals surface area (Å²) in [7, 11) is 0.